The first kappa shape index (κ1) is 18.2. The average Bonchev–Trinajstić information content (AvgIpc) is 3.14. The van der Waals surface area contributed by atoms with Crippen LogP contribution < -0.4 is 9.80 Å². The summed E-state index contributed by atoms with van der Waals surface area (Å²) in [6.07, 6.45) is 3.74. The number of rotatable bonds is 3. The second kappa shape index (κ2) is 7.80. The Kier molecular flexibility index (Phi) is 5.24. The van der Waals surface area contributed by atoms with Crippen LogP contribution in [0.2, 0.25) is 0 Å². The summed E-state index contributed by atoms with van der Waals surface area (Å²) < 4.78 is 0. The van der Waals surface area contributed by atoms with Crippen molar-refractivity contribution in [3.05, 3.63) is 28.2 Å². The number of piperidine rings is 1. The number of anilines is 2. The molecule has 2 saturated heterocycles. The van der Waals surface area contributed by atoms with Gasteiger partial charge in [-0.25, -0.2) is 4.98 Å². The maximum atomic E-state index is 12.6. The molecule has 0 spiro atoms. The number of thiazole rings is 1. The van der Waals surface area contributed by atoms with Crippen molar-refractivity contribution in [3.63, 3.8) is 0 Å². The Bertz CT molecular complexity index is 784. The fraction of sp³-hybridized carbons (Fsp3) is 0.579. The second-order valence-electron chi connectivity index (χ2n) is 7.33. The van der Waals surface area contributed by atoms with Crippen LogP contribution in [0.1, 0.15) is 41.6 Å². The predicted octanol–water partition coefficient (Wildman–Crippen LogP) is 2.58. The van der Waals surface area contributed by atoms with Gasteiger partial charge in [-0.3, -0.25) is 4.79 Å². The molecule has 0 bridgehead atoms. The third-order valence-electron chi connectivity index (χ3n) is 5.56. The summed E-state index contributed by atoms with van der Waals surface area (Å²) in [4.78, 5) is 24.0. The Morgan fingerprint density at radius 1 is 1.07 bits per heavy atom. The van der Waals surface area contributed by atoms with Gasteiger partial charge in [0.25, 0.3) is 5.91 Å². The molecule has 0 aliphatic carbocycles. The Morgan fingerprint density at radius 2 is 1.81 bits per heavy atom. The van der Waals surface area contributed by atoms with Crippen LogP contribution in [0, 0.1) is 6.92 Å². The monoisotopic (exact) mass is 386 g/mol. The van der Waals surface area contributed by atoms with E-state index in [2.05, 4.69) is 44.0 Å². The van der Waals surface area contributed by atoms with Gasteiger partial charge in [-0.2, -0.15) is 0 Å². The highest BCUT2D eigenvalue weighted by Crippen LogP contribution is 2.24. The number of piperazine rings is 1. The molecule has 2 aromatic heterocycles. The number of hydrogen-bond acceptors (Lipinski definition) is 7. The van der Waals surface area contributed by atoms with Gasteiger partial charge < -0.3 is 14.7 Å². The minimum Gasteiger partial charge on any atom is -0.352 e. The smallest absolute Gasteiger partial charge is 0.265 e. The maximum Gasteiger partial charge on any atom is 0.265 e. The SMILES string of the molecule is Cc1ncsc1C(=O)N1CCN(c2ccc(N3CCCCC3C)nn2)CC1. The van der Waals surface area contributed by atoms with E-state index in [9.17, 15) is 4.79 Å². The Balaban J connectivity index is 1.37. The summed E-state index contributed by atoms with van der Waals surface area (Å²) in [6, 6.07) is 4.68. The summed E-state index contributed by atoms with van der Waals surface area (Å²) in [6.45, 7) is 8.16. The quantitative estimate of drug-likeness (QED) is 0.808. The van der Waals surface area contributed by atoms with Crippen molar-refractivity contribution in [2.45, 2.75) is 39.2 Å². The molecular weight excluding hydrogens is 360 g/mol. The van der Waals surface area contributed by atoms with Gasteiger partial charge in [0.05, 0.1) is 11.2 Å². The molecule has 27 heavy (non-hydrogen) atoms. The Morgan fingerprint density at radius 3 is 2.44 bits per heavy atom. The average molecular weight is 387 g/mol. The summed E-state index contributed by atoms with van der Waals surface area (Å²) in [7, 11) is 0. The molecule has 7 nitrogen and oxygen atoms in total. The van der Waals surface area contributed by atoms with E-state index in [1.807, 2.05) is 11.8 Å². The van der Waals surface area contributed by atoms with Crippen LogP contribution in [-0.4, -0.2) is 64.8 Å². The molecule has 4 heterocycles. The number of carbonyl (C=O) groups excluding carboxylic acids is 1. The number of amides is 1. The lowest BCUT2D eigenvalue weighted by Crippen LogP contribution is -2.49. The van der Waals surface area contributed by atoms with Crippen molar-refractivity contribution in [2.24, 2.45) is 0 Å². The number of carbonyl (C=O) groups is 1. The molecule has 0 N–H and O–H groups in total. The fourth-order valence-corrected chi connectivity index (χ4v) is 4.64. The summed E-state index contributed by atoms with van der Waals surface area (Å²) >= 11 is 1.42. The minimum atomic E-state index is 0.0927. The highest BCUT2D eigenvalue weighted by Gasteiger charge is 2.25. The van der Waals surface area contributed by atoms with Gasteiger partial charge in [-0.15, -0.1) is 21.5 Å². The molecule has 0 radical (unpaired) electrons. The first-order chi connectivity index (χ1) is 13.1. The number of aromatic nitrogens is 3. The second-order valence-corrected chi connectivity index (χ2v) is 8.19. The molecule has 2 fully saturated rings. The third kappa shape index (κ3) is 3.76. The van der Waals surface area contributed by atoms with Crippen LogP contribution in [0.25, 0.3) is 0 Å². The molecule has 8 heteroatoms. The molecule has 1 atom stereocenters. The van der Waals surface area contributed by atoms with Crippen molar-refractivity contribution in [1.82, 2.24) is 20.1 Å². The highest BCUT2D eigenvalue weighted by molar-refractivity contribution is 7.11. The zero-order valence-corrected chi connectivity index (χ0v) is 16.8. The molecule has 2 aromatic rings. The zero-order chi connectivity index (χ0) is 18.8. The van der Waals surface area contributed by atoms with Crippen LogP contribution in [0.15, 0.2) is 17.6 Å². The minimum absolute atomic E-state index is 0.0927. The summed E-state index contributed by atoms with van der Waals surface area (Å²) in [5.74, 6) is 1.96. The highest BCUT2D eigenvalue weighted by atomic mass is 32.1. The maximum absolute atomic E-state index is 12.6. The molecule has 4 rings (SSSR count). The molecule has 2 aliphatic rings. The van der Waals surface area contributed by atoms with E-state index in [1.165, 1.54) is 30.6 Å². The first-order valence-corrected chi connectivity index (χ1v) is 10.6. The normalized spacial score (nSPS) is 20.8. The Hall–Kier alpha value is -2.22. The number of hydrogen-bond donors (Lipinski definition) is 0. The van der Waals surface area contributed by atoms with Crippen molar-refractivity contribution < 1.29 is 4.79 Å². The lowest BCUT2D eigenvalue weighted by molar-refractivity contribution is 0.0750. The van der Waals surface area contributed by atoms with Gasteiger partial charge in [0, 0.05) is 38.8 Å². The van der Waals surface area contributed by atoms with E-state index in [0.717, 1.165) is 41.8 Å². The van der Waals surface area contributed by atoms with Gasteiger partial charge in [-0.05, 0) is 45.2 Å². The van der Waals surface area contributed by atoms with E-state index in [-0.39, 0.29) is 5.91 Å². The molecule has 0 saturated carbocycles. The lowest BCUT2D eigenvalue weighted by atomic mass is 10.0. The number of aryl methyl sites for hydroxylation is 1. The van der Waals surface area contributed by atoms with E-state index in [0.29, 0.717) is 19.1 Å². The number of nitrogens with zero attached hydrogens (tertiary/aromatic N) is 6. The molecule has 2 aliphatic heterocycles. The molecule has 0 aromatic carbocycles. The van der Waals surface area contributed by atoms with Crippen LogP contribution in [0.4, 0.5) is 11.6 Å². The molecule has 1 amide bonds. The molecule has 144 valence electrons. The molecular formula is C19H26N6OS. The fourth-order valence-electron chi connectivity index (χ4n) is 3.87. The van der Waals surface area contributed by atoms with Crippen molar-refractivity contribution in [2.75, 3.05) is 42.5 Å². The summed E-state index contributed by atoms with van der Waals surface area (Å²) in [5.41, 5.74) is 2.56. The van der Waals surface area contributed by atoms with Crippen LogP contribution in [-0.2, 0) is 0 Å². The van der Waals surface area contributed by atoms with Crippen molar-refractivity contribution in [3.8, 4) is 0 Å². The van der Waals surface area contributed by atoms with Gasteiger partial charge in [0.15, 0.2) is 11.6 Å². The van der Waals surface area contributed by atoms with Gasteiger partial charge in [-0.1, -0.05) is 0 Å². The standard InChI is InChI=1S/C19H26N6OS/c1-14-5-3-4-8-25(14)17-7-6-16(21-22-17)23-9-11-24(12-10-23)19(26)18-15(2)20-13-27-18/h6-7,13-14H,3-5,8-12H2,1-2H3. The van der Waals surface area contributed by atoms with Crippen molar-refractivity contribution in [1.29, 1.82) is 0 Å². The Labute approximate surface area is 164 Å². The molecule has 1 unspecified atom stereocenters. The van der Waals surface area contributed by atoms with Crippen molar-refractivity contribution >= 4 is 28.9 Å². The van der Waals surface area contributed by atoms with Gasteiger partial charge >= 0.3 is 0 Å². The van der Waals surface area contributed by atoms with E-state index in [4.69, 9.17) is 0 Å². The van der Waals surface area contributed by atoms with Crippen LogP contribution in [0.5, 0.6) is 0 Å². The van der Waals surface area contributed by atoms with Crippen LogP contribution in [0.3, 0.4) is 0 Å². The predicted molar refractivity (Wildman–Crippen MR) is 108 cm³/mol. The van der Waals surface area contributed by atoms with E-state index < -0.39 is 0 Å². The van der Waals surface area contributed by atoms with Gasteiger partial charge in [0.1, 0.15) is 4.88 Å². The lowest BCUT2D eigenvalue weighted by Gasteiger charge is -2.36. The largest absolute Gasteiger partial charge is 0.352 e. The van der Waals surface area contributed by atoms with E-state index in [1.54, 1.807) is 5.51 Å². The van der Waals surface area contributed by atoms with Gasteiger partial charge in [0.2, 0.25) is 0 Å². The third-order valence-corrected chi connectivity index (χ3v) is 6.48. The van der Waals surface area contributed by atoms with Crippen LogP contribution >= 0.6 is 11.3 Å². The summed E-state index contributed by atoms with van der Waals surface area (Å²) in [5, 5.41) is 8.95. The topological polar surface area (TPSA) is 65.5 Å². The first-order valence-electron chi connectivity index (χ1n) is 9.68. The zero-order valence-electron chi connectivity index (χ0n) is 16.0. The van der Waals surface area contributed by atoms with E-state index >= 15 is 0 Å².